The van der Waals surface area contributed by atoms with Gasteiger partial charge in [0.2, 0.25) is 0 Å². The molecule has 1 saturated carbocycles. The van der Waals surface area contributed by atoms with Gasteiger partial charge in [-0.25, -0.2) is 4.79 Å². The molecule has 33 heavy (non-hydrogen) atoms. The number of alkyl halides is 6. The molecule has 0 unspecified atom stereocenters. The number of aromatic nitrogens is 1. The molecule has 2 amide bonds. The fourth-order valence-corrected chi connectivity index (χ4v) is 3.81. The van der Waals surface area contributed by atoms with E-state index in [0.717, 1.165) is 5.56 Å². The third-order valence-electron chi connectivity index (χ3n) is 5.56. The van der Waals surface area contributed by atoms with Crippen molar-refractivity contribution in [2.24, 2.45) is 0 Å². The number of nitrogens with zero attached hydrogens (tertiary/aromatic N) is 1. The van der Waals surface area contributed by atoms with Crippen LogP contribution >= 0.6 is 0 Å². The molecule has 0 saturated heterocycles. The largest absolute Gasteiger partial charge is 0.416 e. The van der Waals surface area contributed by atoms with E-state index < -0.39 is 29.0 Å². The molecule has 1 aromatic heterocycles. The van der Waals surface area contributed by atoms with Crippen molar-refractivity contribution in [3.05, 3.63) is 65.0 Å². The van der Waals surface area contributed by atoms with Gasteiger partial charge in [-0.1, -0.05) is 6.07 Å². The van der Waals surface area contributed by atoms with Gasteiger partial charge in [-0.2, -0.15) is 26.3 Å². The SMILES string of the molecule is O=C(NCc1cccnc1)NC1CCC(NCc2cc(C(F)(F)F)ccc2C(F)(F)F)CC1. The van der Waals surface area contributed by atoms with Crippen molar-refractivity contribution in [3.8, 4) is 0 Å². The van der Waals surface area contributed by atoms with E-state index in [1.54, 1.807) is 18.5 Å². The average molecular weight is 474 g/mol. The summed E-state index contributed by atoms with van der Waals surface area (Å²) in [6, 6.07) is 4.50. The predicted molar refractivity (Wildman–Crippen MR) is 109 cm³/mol. The number of rotatable bonds is 6. The van der Waals surface area contributed by atoms with Gasteiger partial charge in [-0.15, -0.1) is 0 Å². The van der Waals surface area contributed by atoms with Crippen LogP contribution in [0.15, 0.2) is 42.7 Å². The fraction of sp³-hybridized carbons (Fsp3) is 0.455. The number of amides is 2. The van der Waals surface area contributed by atoms with E-state index in [2.05, 4.69) is 20.9 Å². The number of hydrogen-bond donors (Lipinski definition) is 3. The molecule has 0 radical (unpaired) electrons. The molecule has 3 rings (SSSR count). The van der Waals surface area contributed by atoms with E-state index >= 15 is 0 Å². The zero-order chi connectivity index (χ0) is 24.1. The topological polar surface area (TPSA) is 66.0 Å². The molecule has 1 aromatic carbocycles. The molecule has 3 N–H and O–H groups in total. The van der Waals surface area contributed by atoms with Gasteiger partial charge in [0, 0.05) is 37.6 Å². The molecule has 1 fully saturated rings. The molecular formula is C22H24F6N4O. The van der Waals surface area contributed by atoms with Gasteiger partial charge >= 0.3 is 18.4 Å². The summed E-state index contributed by atoms with van der Waals surface area (Å²) in [6.45, 7) is 0.00221. The Balaban J connectivity index is 1.49. The summed E-state index contributed by atoms with van der Waals surface area (Å²) >= 11 is 0. The van der Waals surface area contributed by atoms with Crippen molar-refractivity contribution >= 4 is 6.03 Å². The number of hydrogen-bond acceptors (Lipinski definition) is 3. The second-order valence-electron chi connectivity index (χ2n) is 7.99. The van der Waals surface area contributed by atoms with Crippen LogP contribution in [0.25, 0.3) is 0 Å². The van der Waals surface area contributed by atoms with Crippen LogP contribution in [0, 0.1) is 0 Å². The maximum atomic E-state index is 13.2. The lowest BCUT2D eigenvalue weighted by Gasteiger charge is -2.30. The monoisotopic (exact) mass is 474 g/mol. The highest BCUT2D eigenvalue weighted by molar-refractivity contribution is 5.74. The van der Waals surface area contributed by atoms with Crippen LogP contribution in [-0.4, -0.2) is 23.1 Å². The Bertz CT molecular complexity index is 925. The molecule has 0 aliphatic heterocycles. The number of benzene rings is 1. The van der Waals surface area contributed by atoms with Crippen molar-refractivity contribution in [1.29, 1.82) is 0 Å². The van der Waals surface area contributed by atoms with Crippen molar-refractivity contribution in [3.63, 3.8) is 0 Å². The van der Waals surface area contributed by atoms with Gasteiger partial charge < -0.3 is 16.0 Å². The second-order valence-corrected chi connectivity index (χ2v) is 7.99. The minimum Gasteiger partial charge on any atom is -0.335 e. The van der Waals surface area contributed by atoms with Gasteiger partial charge in [0.25, 0.3) is 0 Å². The van der Waals surface area contributed by atoms with E-state index in [1.165, 1.54) is 0 Å². The Labute approximate surface area is 187 Å². The first-order valence-corrected chi connectivity index (χ1v) is 10.5. The van der Waals surface area contributed by atoms with Crippen molar-refractivity contribution in [2.75, 3.05) is 0 Å². The Morgan fingerprint density at radius 2 is 1.64 bits per heavy atom. The summed E-state index contributed by atoms with van der Waals surface area (Å²) in [7, 11) is 0. The van der Waals surface area contributed by atoms with Crippen LogP contribution in [0.5, 0.6) is 0 Å². The molecule has 11 heteroatoms. The van der Waals surface area contributed by atoms with Crippen molar-refractivity contribution in [2.45, 2.75) is 63.2 Å². The van der Waals surface area contributed by atoms with Crippen LogP contribution in [0.3, 0.4) is 0 Å². The van der Waals surface area contributed by atoms with Gasteiger partial charge in [0.1, 0.15) is 0 Å². The molecular weight excluding hydrogens is 450 g/mol. The van der Waals surface area contributed by atoms with Crippen LogP contribution in [0.2, 0.25) is 0 Å². The third kappa shape index (κ3) is 7.34. The number of halogens is 6. The molecule has 0 bridgehead atoms. The Kier molecular flexibility index (Phi) is 7.83. The predicted octanol–water partition coefficient (Wildman–Crippen LogP) is 5.02. The lowest BCUT2D eigenvalue weighted by atomic mass is 9.91. The van der Waals surface area contributed by atoms with E-state index in [-0.39, 0.29) is 24.7 Å². The van der Waals surface area contributed by atoms with Gasteiger partial charge in [0.05, 0.1) is 11.1 Å². The maximum Gasteiger partial charge on any atom is 0.416 e. The highest BCUT2D eigenvalue weighted by Gasteiger charge is 2.37. The number of pyridine rings is 1. The van der Waals surface area contributed by atoms with E-state index in [1.807, 2.05) is 6.07 Å². The first kappa shape index (κ1) is 24.8. The molecule has 0 spiro atoms. The molecule has 1 aliphatic rings. The number of nitrogens with one attached hydrogen (secondary N) is 3. The minimum atomic E-state index is -4.74. The van der Waals surface area contributed by atoms with Crippen LogP contribution < -0.4 is 16.0 Å². The summed E-state index contributed by atoms with van der Waals surface area (Å²) in [6.07, 6.45) is -3.83. The van der Waals surface area contributed by atoms with Crippen LogP contribution in [-0.2, 0) is 25.4 Å². The van der Waals surface area contributed by atoms with Crippen LogP contribution in [0.4, 0.5) is 31.1 Å². The lowest BCUT2D eigenvalue weighted by molar-refractivity contribution is -0.141. The Morgan fingerprint density at radius 1 is 0.939 bits per heavy atom. The van der Waals surface area contributed by atoms with Gasteiger partial charge in [-0.3, -0.25) is 4.98 Å². The average Bonchev–Trinajstić information content (AvgIpc) is 2.76. The van der Waals surface area contributed by atoms with Gasteiger partial charge in [0.15, 0.2) is 0 Å². The van der Waals surface area contributed by atoms with Gasteiger partial charge in [-0.05, 0) is 61.1 Å². The smallest absolute Gasteiger partial charge is 0.335 e. The summed E-state index contributed by atoms with van der Waals surface area (Å²) in [5.74, 6) is 0. The normalized spacial score (nSPS) is 19.2. The number of carbonyl (C=O) groups is 1. The molecule has 0 atom stereocenters. The van der Waals surface area contributed by atoms with Crippen molar-refractivity contribution in [1.82, 2.24) is 20.9 Å². The lowest BCUT2D eigenvalue weighted by Crippen LogP contribution is -2.45. The minimum absolute atomic E-state index is 0.0868. The first-order valence-electron chi connectivity index (χ1n) is 10.5. The summed E-state index contributed by atoms with van der Waals surface area (Å²) in [5, 5.41) is 8.55. The third-order valence-corrected chi connectivity index (χ3v) is 5.56. The quantitative estimate of drug-likeness (QED) is 0.516. The van der Waals surface area contributed by atoms with Crippen LogP contribution in [0.1, 0.15) is 47.9 Å². The molecule has 1 heterocycles. The molecule has 5 nitrogen and oxygen atoms in total. The molecule has 180 valence electrons. The zero-order valence-electron chi connectivity index (χ0n) is 17.6. The van der Waals surface area contributed by atoms with E-state index in [0.29, 0.717) is 50.4 Å². The zero-order valence-corrected chi connectivity index (χ0v) is 17.6. The Morgan fingerprint density at radius 3 is 2.24 bits per heavy atom. The maximum absolute atomic E-state index is 13.2. The molecule has 1 aliphatic carbocycles. The standard InChI is InChI=1S/C22H24F6N4O/c23-21(24,25)16-3-8-19(22(26,27)28)15(10-16)13-30-17-4-6-18(7-5-17)32-20(33)31-12-14-2-1-9-29-11-14/h1-3,8-11,17-18,30H,4-7,12-13H2,(H2,31,32,33). The summed E-state index contributed by atoms with van der Waals surface area (Å²) in [4.78, 5) is 16.0. The second kappa shape index (κ2) is 10.4. The highest BCUT2D eigenvalue weighted by Crippen LogP contribution is 2.36. The fourth-order valence-electron chi connectivity index (χ4n) is 3.81. The number of urea groups is 1. The number of carbonyl (C=O) groups excluding carboxylic acids is 1. The van der Waals surface area contributed by atoms with E-state index in [4.69, 9.17) is 0 Å². The van der Waals surface area contributed by atoms with E-state index in [9.17, 15) is 31.1 Å². The summed E-state index contributed by atoms with van der Waals surface area (Å²) < 4.78 is 78.5. The van der Waals surface area contributed by atoms with Crippen molar-refractivity contribution < 1.29 is 31.1 Å². The summed E-state index contributed by atoms with van der Waals surface area (Å²) in [5.41, 5.74) is -1.78. The Hall–Kier alpha value is -2.82. The first-order chi connectivity index (χ1) is 15.5. The highest BCUT2D eigenvalue weighted by atomic mass is 19.4. The molecule has 2 aromatic rings.